The molecule has 0 aliphatic carbocycles. The molecule has 8 atom stereocenters. The van der Waals surface area contributed by atoms with Crippen molar-refractivity contribution in [3.8, 4) is 5.75 Å². The SMILES string of the molecule is COc1ccc(C[C@H]2NC(=O)/C=C/C[C@@H]([C@H](C)[C@H]3O[C@@H]3c3ccc(CN4CCN(C(=O)OCc5ccc(NC(=O)[C@H](CCCNC(N)=O)CC(=O)[C@@H](NC(=O)CCOCCOCCN6C(=O)C=CC6=O)C(C)C)cc5)CC4)cc3)OC(=O)[C@H](CC(C)C)NC(=O)C(C)(C)CNC2=O)cc1Cl. The fourth-order valence-electron chi connectivity index (χ4n) is 11.7. The van der Waals surface area contributed by atoms with Crippen LogP contribution in [0.4, 0.5) is 15.3 Å². The second-order valence-electron chi connectivity index (χ2n) is 27.0. The molecule has 10 amide bonds. The number of anilines is 1. The van der Waals surface area contributed by atoms with Gasteiger partial charge in [-0.3, -0.25) is 48.2 Å². The van der Waals surface area contributed by atoms with Gasteiger partial charge >= 0.3 is 18.1 Å². The third kappa shape index (κ3) is 24.5. The summed E-state index contributed by atoms with van der Waals surface area (Å²) in [6, 6.07) is 16.3. The molecular weight excluding hydrogens is 1310 g/mol. The number of nitrogens with one attached hydrogen (secondary N) is 6. The van der Waals surface area contributed by atoms with Gasteiger partial charge in [0.15, 0.2) is 5.78 Å². The Balaban J connectivity index is 0.857. The molecule has 28 heteroatoms. The summed E-state index contributed by atoms with van der Waals surface area (Å²) < 4.78 is 34.5. The largest absolute Gasteiger partial charge is 0.495 e. The minimum atomic E-state index is -1.16. The van der Waals surface area contributed by atoms with E-state index >= 15 is 0 Å². The smallest absolute Gasteiger partial charge is 0.410 e. The molecule has 4 heterocycles. The highest BCUT2D eigenvalue weighted by Crippen LogP contribution is 2.45. The van der Waals surface area contributed by atoms with E-state index in [1.807, 2.05) is 45.0 Å². The van der Waals surface area contributed by atoms with Crippen LogP contribution in [-0.2, 0) is 86.4 Å². The summed E-state index contributed by atoms with van der Waals surface area (Å²) in [6.07, 6.45) is 4.30. The number of amides is 10. The van der Waals surface area contributed by atoms with Crippen LogP contribution in [0.5, 0.6) is 5.75 Å². The number of hydrogen-bond donors (Lipinski definition) is 7. The van der Waals surface area contributed by atoms with E-state index < -0.39 is 95.0 Å². The van der Waals surface area contributed by atoms with Crippen molar-refractivity contribution in [1.29, 1.82) is 0 Å². The van der Waals surface area contributed by atoms with Crippen LogP contribution in [0.1, 0.15) is 115 Å². The number of ketones is 1. The van der Waals surface area contributed by atoms with Crippen LogP contribution in [0.2, 0.25) is 5.02 Å². The monoisotopic (exact) mass is 1410 g/mol. The first kappa shape index (κ1) is 78.6. The van der Waals surface area contributed by atoms with E-state index in [0.717, 1.165) is 16.0 Å². The third-order valence-electron chi connectivity index (χ3n) is 17.8. The van der Waals surface area contributed by atoms with E-state index in [1.165, 1.54) is 25.3 Å². The number of methoxy groups -OCH3 is 1. The zero-order valence-electron chi connectivity index (χ0n) is 58.3. The van der Waals surface area contributed by atoms with Crippen molar-refractivity contribution in [3.05, 3.63) is 118 Å². The number of benzene rings is 3. The van der Waals surface area contributed by atoms with Crippen molar-refractivity contribution < 1.29 is 81.2 Å². The summed E-state index contributed by atoms with van der Waals surface area (Å²) >= 11 is 6.41. The van der Waals surface area contributed by atoms with Gasteiger partial charge in [-0.15, -0.1) is 0 Å². The molecule has 4 aliphatic heterocycles. The summed E-state index contributed by atoms with van der Waals surface area (Å²) in [5, 5.41) is 17.0. The number of urea groups is 1. The highest BCUT2D eigenvalue weighted by atomic mass is 35.5. The Hall–Kier alpha value is -8.76. The first-order valence-corrected chi connectivity index (χ1v) is 34.5. The summed E-state index contributed by atoms with van der Waals surface area (Å²) in [5.74, 6) is -5.16. The Labute approximate surface area is 589 Å². The van der Waals surface area contributed by atoms with Gasteiger partial charge in [-0.05, 0) is 97.5 Å². The molecule has 0 radical (unpaired) electrons. The second kappa shape index (κ2) is 38.2. The van der Waals surface area contributed by atoms with Crippen LogP contribution >= 0.6 is 11.6 Å². The normalized spacial score (nSPS) is 21.1. The molecule has 0 bridgehead atoms. The fraction of sp³-hybridized carbons (Fsp3) is 0.542. The topological polar surface area (TPSA) is 354 Å². The van der Waals surface area contributed by atoms with Gasteiger partial charge in [-0.1, -0.05) is 94.8 Å². The van der Waals surface area contributed by atoms with Crippen molar-refractivity contribution in [1.82, 2.24) is 41.3 Å². The van der Waals surface area contributed by atoms with Gasteiger partial charge in [0.1, 0.15) is 36.6 Å². The standard InChI is InChI=1S/C72H97ClN10O17/c1-44(2)37-55-68(91)99-57(12-9-13-59(85)78-54(39-49-18-23-58(95-8)53(73)38-49)67(90)76-43-72(6,7)69(92)79-55)46(5)64-65(100-64)50-19-14-47(15-20-50)41-81-28-30-82(31-29-81)71(94)98-42-48-16-21-52(22-17-48)77-66(89)51(11-10-27-75-70(74)93)40-56(84)63(45(3)4)80-60(86)26-33-96-35-36-97-34-32-83-61(87)24-25-62(83)88/h9,13-25,38,44-46,51,54-55,57,63-65H,10-12,26-37,39-43H2,1-8H3,(H,76,90)(H,77,89)(H,78,85)(H,79,92)(H,80,86)(H3,74,75,93)/b13-9+/t46-,51+,54+,55-,57-,63-,64+,65+/m0/s1. The molecule has 2 saturated heterocycles. The van der Waals surface area contributed by atoms with Gasteiger partial charge in [0, 0.05) is 101 Å². The molecule has 0 aromatic heterocycles. The number of epoxide rings is 1. The number of carbonyl (C=O) groups is 11. The zero-order chi connectivity index (χ0) is 72.6. The number of halogens is 1. The molecule has 544 valence electrons. The lowest BCUT2D eigenvalue weighted by molar-refractivity contribution is -0.157. The van der Waals surface area contributed by atoms with Crippen LogP contribution < -0.4 is 42.4 Å². The first-order valence-electron chi connectivity index (χ1n) is 34.1. The zero-order valence-corrected chi connectivity index (χ0v) is 59.1. The van der Waals surface area contributed by atoms with Crippen molar-refractivity contribution in [2.45, 2.75) is 143 Å². The number of esters is 1. The Kier molecular flexibility index (Phi) is 30.0. The molecule has 27 nitrogen and oxygen atoms in total. The van der Waals surface area contributed by atoms with Gasteiger partial charge in [-0.2, -0.15) is 0 Å². The minimum Gasteiger partial charge on any atom is -0.495 e. The lowest BCUT2D eigenvalue weighted by Gasteiger charge is -2.34. The highest BCUT2D eigenvalue weighted by molar-refractivity contribution is 6.32. The molecule has 4 aliphatic rings. The number of nitrogens with two attached hydrogens (primary N) is 1. The molecule has 7 rings (SSSR count). The molecule has 3 aromatic carbocycles. The van der Waals surface area contributed by atoms with Crippen LogP contribution in [0.25, 0.3) is 0 Å². The molecule has 8 N–H and O–H groups in total. The number of Topliss-reactive ketones (excluding diaryl/α,β-unsaturated/α-hetero) is 1. The molecule has 0 spiro atoms. The van der Waals surface area contributed by atoms with Gasteiger partial charge < -0.3 is 71.0 Å². The molecule has 2 fully saturated rings. The lowest BCUT2D eigenvalue weighted by Crippen LogP contribution is -2.54. The van der Waals surface area contributed by atoms with E-state index in [0.29, 0.717) is 73.2 Å². The van der Waals surface area contributed by atoms with Gasteiger partial charge in [0.2, 0.25) is 29.5 Å². The maximum atomic E-state index is 14.1. The van der Waals surface area contributed by atoms with Crippen molar-refractivity contribution >= 4 is 82.5 Å². The molecular formula is C72H97ClN10O17. The molecule has 0 saturated carbocycles. The second-order valence-corrected chi connectivity index (χ2v) is 27.4. The molecule has 3 aromatic rings. The van der Waals surface area contributed by atoms with E-state index in [9.17, 15) is 52.7 Å². The maximum absolute atomic E-state index is 14.1. The number of nitrogens with zero attached hydrogens (tertiary/aromatic N) is 3. The van der Waals surface area contributed by atoms with Crippen LogP contribution in [-0.4, -0.2) is 190 Å². The predicted molar refractivity (Wildman–Crippen MR) is 370 cm³/mol. The fourth-order valence-corrected chi connectivity index (χ4v) is 12.0. The van der Waals surface area contributed by atoms with E-state index in [1.54, 1.807) is 81.1 Å². The minimum absolute atomic E-state index is 0.00829. The first-order chi connectivity index (χ1) is 47.7. The van der Waals surface area contributed by atoms with Crippen molar-refractivity contribution in [2.75, 3.05) is 84.7 Å². The Morgan fingerprint density at radius 1 is 0.800 bits per heavy atom. The Morgan fingerprint density at radius 2 is 1.47 bits per heavy atom. The van der Waals surface area contributed by atoms with Crippen molar-refractivity contribution in [3.63, 3.8) is 0 Å². The average molecular weight is 1410 g/mol. The molecule has 0 unspecified atom stereocenters. The summed E-state index contributed by atoms with van der Waals surface area (Å²) in [7, 11) is 1.49. The summed E-state index contributed by atoms with van der Waals surface area (Å²) in [4.78, 5) is 149. The average Bonchev–Trinajstić information content (AvgIpc) is 1.62. The van der Waals surface area contributed by atoms with E-state index in [2.05, 4.69) is 36.8 Å². The van der Waals surface area contributed by atoms with Crippen LogP contribution in [0, 0.1) is 29.1 Å². The van der Waals surface area contributed by atoms with Gasteiger partial charge in [0.05, 0.1) is 62.7 Å². The number of hydrogen-bond acceptors (Lipinski definition) is 18. The summed E-state index contributed by atoms with van der Waals surface area (Å²) in [6.45, 7) is 16.1. The number of piperazine rings is 1. The van der Waals surface area contributed by atoms with Crippen molar-refractivity contribution in [2.24, 2.45) is 34.8 Å². The van der Waals surface area contributed by atoms with E-state index in [4.69, 9.17) is 45.8 Å². The highest BCUT2D eigenvalue weighted by Gasteiger charge is 2.48. The number of carbonyl (C=O) groups excluding carboxylic acids is 11. The number of imide groups is 1. The Bertz CT molecular complexity index is 3390. The predicted octanol–water partition coefficient (Wildman–Crippen LogP) is 5.60. The number of primary amides is 1. The van der Waals surface area contributed by atoms with Crippen LogP contribution in [0.3, 0.4) is 0 Å². The number of cyclic esters (lactones) is 1. The molecule has 100 heavy (non-hydrogen) atoms. The van der Waals surface area contributed by atoms with E-state index in [-0.39, 0.29) is 121 Å². The van der Waals surface area contributed by atoms with Crippen LogP contribution in [0.15, 0.2) is 91.0 Å². The lowest BCUT2D eigenvalue weighted by atomic mass is 9.89. The third-order valence-corrected chi connectivity index (χ3v) is 18.0. The van der Waals surface area contributed by atoms with Gasteiger partial charge in [0.25, 0.3) is 11.8 Å². The number of rotatable bonds is 32. The summed E-state index contributed by atoms with van der Waals surface area (Å²) in [5.41, 5.74) is 7.86. The van der Waals surface area contributed by atoms with Gasteiger partial charge in [-0.25, -0.2) is 14.4 Å². The quantitative estimate of drug-likeness (QED) is 0.0173. The maximum Gasteiger partial charge on any atom is 0.410 e. The Morgan fingerprint density at radius 3 is 2.12 bits per heavy atom. The number of ether oxygens (including phenoxy) is 6.